The minimum atomic E-state index is -0.607. The number of benzene rings is 1. The quantitative estimate of drug-likeness (QED) is 0.757. The molecule has 0 heterocycles. The molecular formula is C10H13FOS. The van der Waals surface area contributed by atoms with Gasteiger partial charge in [0.05, 0.1) is 6.10 Å². The van der Waals surface area contributed by atoms with Crippen LogP contribution in [0.25, 0.3) is 0 Å². The lowest BCUT2D eigenvalue weighted by molar-refractivity contribution is 0.195. The molecule has 0 aliphatic heterocycles. The molecule has 0 saturated carbocycles. The number of hydrogen-bond acceptors (Lipinski definition) is 2. The minimum absolute atomic E-state index is 0.245. The van der Waals surface area contributed by atoms with Crippen LogP contribution in [-0.2, 0) is 0 Å². The maximum absolute atomic E-state index is 13.3. The normalized spacial score (nSPS) is 12.9. The van der Waals surface area contributed by atoms with Gasteiger partial charge in [-0.1, -0.05) is 19.1 Å². The molecule has 0 unspecified atom stereocenters. The van der Waals surface area contributed by atoms with Gasteiger partial charge in [-0.2, -0.15) is 0 Å². The Bertz CT molecular complexity index is 286. The van der Waals surface area contributed by atoms with Gasteiger partial charge in [0.1, 0.15) is 5.82 Å². The van der Waals surface area contributed by atoms with Crippen molar-refractivity contribution >= 4 is 11.8 Å². The smallest absolute Gasteiger partial charge is 0.137 e. The van der Waals surface area contributed by atoms with E-state index in [0.29, 0.717) is 10.5 Å². The molecule has 0 spiro atoms. The fourth-order valence-corrected chi connectivity index (χ4v) is 2.05. The molecule has 0 aliphatic carbocycles. The lowest BCUT2D eigenvalue weighted by Crippen LogP contribution is -1.96. The SMILES string of the molecule is CCSc1c(F)cccc1[C@@H](C)O. The van der Waals surface area contributed by atoms with Crippen LogP contribution in [-0.4, -0.2) is 10.9 Å². The van der Waals surface area contributed by atoms with E-state index in [1.165, 1.54) is 17.8 Å². The number of rotatable bonds is 3. The third kappa shape index (κ3) is 2.45. The van der Waals surface area contributed by atoms with Gasteiger partial charge in [0.15, 0.2) is 0 Å². The zero-order valence-corrected chi connectivity index (χ0v) is 8.57. The zero-order chi connectivity index (χ0) is 9.84. The molecule has 13 heavy (non-hydrogen) atoms. The highest BCUT2D eigenvalue weighted by Gasteiger charge is 2.11. The fourth-order valence-electron chi connectivity index (χ4n) is 1.15. The van der Waals surface area contributed by atoms with Crippen LogP contribution < -0.4 is 0 Å². The first kappa shape index (κ1) is 10.5. The maximum atomic E-state index is 13.3. The Kier molecular flexibility index (Phi) is 3.75. The van der Waals surface area contributed by atoms with Gasteiger partial charge in [0, 0.05) is 4.90 Å². The van der Waals surface area contributed by atoms with E-state index < -0.39 is 6.10 Å². The average molecular weight is 200 g/mol. The van der Waals surface area contributed by atoms with Gasteiger partial charge in [-0.25, -0.2) is 4.39 Å². The summed E-state index contributed by atoms with van der Waals surface area (Å²) in [5.41, 5.74) is 0.673. The second kappa shape index (κ2) is 4.63. The Balaban J connectivity index is 3.09. The summed E-state index contributed by atoms with van der Waals surface area (Å²) in [6, 6.07) is 4.80. The van der Waals surface area contributed by atoms with Crippen LogP contribution in [0.3, 0.4) is 0 Å². The van der Waals surface area contributed by atoms with Crippen LogP contribution in [0, 0.1) is 5.82 Å². The maximum Gasteiger partial charge on any atom is 0.137 e. The van der Waals surface area contributed by atoms with Crippen molar-refractivity contribution in [3.05, 3.63) is 29.6 Å². The van der Waals surface area contributed by atoms with Crippen LogP contribution in [0.5, 0.6) is 0 Å². The van der Waals surface area contributed by atoms with E-state index in [9.17, 15) is 9.50 Å². The molecule has 0 aromatic heterocycles. The summed E-state index contributed by atoms with van der Waals surface area (Å²) in [5.74, 6) is 0.561. The second-order valence-electron chi connectivity index (χ2n) is 2.77. The molecule has 1 aromatic rings. The summed E-state index contributed by atoms with van der Waals surface area (Å²) >= 11 is 1.42. The first-order valence-corrected chi connectivity index (χ1v) is 5.24. The Hall–Kier alpha value is -0.540. The number of aliphatic hydroxyl groups is 1. The molecule has 0 saturated heterocycles. The van der Waals surface area contributed by atoms with Gasteiger partial charge in [-0.05, 0) is 24.3 Å². The number of hydrogen-bond donors (Lipinski definition) is 1. The summed E-state index contributed by atoms with van der Waals surface area (Å²) in [4.78, 5) is 0.569. The number of thioether (sulfide) groups is 1. The number of aliphatic hydroxyl groups excluding tert-OH is 1. The van der Waals surface area contributed by atoms with Crippen LogP contribution in [0.2, 0.25) is 0 Å². The third-order valence-electron chi connectivity index (χ3n) is 1.74. The summed E-state index contributed by atoms with van der Waals surface area (Å²) in [5, 5.41) is 9.38. The van der Waals surface area contributed by atoms with E-state index in [1.807, 2.05) is 6.92 Å². The monoisotopic (exact) mass is 200 g/mol. The summed E-state index contributed by atoms with van der Waals surface area (Å²) in [6.07, 6.45) is -0.607. The van der Waals surface area contributed by atoms with Crippen molar-refractivity contribution in [3.63, 3.8) is 0 Å². The van der Waals surface area contributed by atoms with Gasteiger partial charge in [-0.3, -0.25) is 0 Å². The van der Waals surface area contributed by atoms with Crippen molar-refractivity contribution in [2.24, 2.45) is 0 Å². The Morgan fingerprint density at radius 3 is 2.77 bits per heavy atom. The highest BCUT2D eigenvalue weighted by Crippen LogP contribution is 2.29. The predicted octanol–water partition coefficient (Wildman–Crippen LogP) is 2.99. The zero-order valence-electron chi connectivity index (χ0n) is 7.75. The van der Waals surface area contributed by atoms with Gasteiger partial charge >= 0.3 is 0 Å². The van der Waals surface area contributed by atoms with E-state index in [-0.39, 0.29) is 5.82 Å². The molecule has 3 heteroatoms. The van der Waals surface area contributed by atoms with Crippen molar-refractivity contribution in [1.29, 1.82) is 0 Å². The molecule has 1 nitrogen and oxygen atoms in total. The van der Waals surface area contributed by atoms with E-state index in [0.717, 1.165) is 5.75 Å². The van der Waals surface area contributed by atoms with E-state index in [4.69, 9.17) is 0 Å². The molecule has 0 aliphatic rings. The van der Waals surface area contributed by atoms with Crippen molar-refractivity contribution in [2.45, 2.75) is 24.8 Å². The summed E-state index contributed by atoms with van der Waals surface area (Å²) in [6.45, 7) is 3.61. The molecular weight excluding hydrogens is 187 g/mol. The van der Waals surface area contributed by atoms with Gasteiger partial charge in [0.25, 0.3) is 0 Å². The average Bonchev–Trinajstić information content (AvgIpc) is 2.08. The molecule has 1 aromatic carbocycles. The summed E-state index contributed by atoms with van der Waals surface area (Å²) < 4.78 is 13.3. The first-order chi connectivity index (χ1) is 6.16. The predicted molar refractivity (Wildman–Crippen MR) is 53.4 cm³/mol. The van der Waals surface area contributed by atoms with E-state index >= 15 is 0 Å². The fraction of sp³-hybridized carbons (Fsp3) is 0.400. The molecule has 72 valence electrons. The highest BCUT2D eigenvalue weighted by molar-refractivity contribution is 7.99. The first-order valence-electron chi connectivity index (χ1n) is 4.26. The molecule has 1 N–H and O–H groups in total. The lowest BCUT2D eigenvalue weighted by atomic mass is 10.1. The minimum Gasteiger partial charge on any atom is -0.389 e. The van der Waals surface area contributed by atoms with Crippen molar-refractivity contribution in [2.75, 3.05) is 5.75 Å². The largest absolute Gasteiger partial charge is 0.389 e. The van der Waals surface area contributed by atoms with Gasteiger partial charge < -0.3 is 5.11 Å². The van der Waals surface area contributed by atoms with Crippen molar-refractivity contribution in [3.8, 4) is 0 Å². The van der Waals surface area contributed by atoms with Crippen LogP contribution >= 0.6 is 11.8 Å². The molecule has 0 amide bonds. The van der Waals surface area contributed by atoms with Crippen LogP contribution in [0.1, 0.15) is 25.5 Å². The molecule has 1 rings (SSSR count). The van der Waals surface area contributed by atoms with Gasteiger partial charge in [0.2, 0.25) is 0 Å². The van der Waals surface area contributed by atoms with Crippen molar-refractivity contribution in [1.82, 2.24) is 0 Å². The standard InChI is InChI=1S/C10H13FOS/c1-3-13-10-8(7(2)12)5-4-6-9(10)11/h4-7,12H,3H2,1-2H3/t7-/m1/s1. The molecule has 1 atom stereocenters. The molecule has 0 bridgehead atoms. The summed E-state index contributed by atoms with van der Waals surface area (Å²) in [7, 11) is 0. The Morgan fingerprint density at radius 1 is 1.54 bits per heavy atom. The Labute approximate surface area is 82.0 Å². The van der Waals surface area contributed by atoms with E-state index in [1.54, 1.807) is 19.1 Å². The molecule has 0 radical (unpaired) electrons. The van der Waals surface area contributed by atoms with Crippen LogP contribution in [0.4, 0.5) is 4.39 Å². The van der Waals surface area contributed by atoms with Crippen LogP contribution in [0.15, 0.2) is 23.1 Å². The lowest BCUT2D eigenvalue weighted by Gasteiger charge is -2.11. The third-order valence-corrected chi connectivity index (χ3v) is 2.74. The Morgan fingerprint density at radius 2 is 2.23 bits per heavy atom. The molecule has 0 fully saturated rings. The number of halogens is 1. The highest BCUT2D eigenvalue weighted by atomic mass is 32.2. The topological polar surface area (TPSA) is 20.2 Å². The van der Waals surface area contributed by atoms with Crippen molar-refractivity contribution < 1.29 is 9.50 Å². The second-order valence-corrected chi connectivity index (χ2v) is 4.04. The van der Waals surface area contributed by atoms with Gasteiger partial charge in [-0.15, -0.1) is 11.8 Å². The van der Waals surface area contributed by atoms with E-state index in [2.05, 4.69) is 0 Å².